The van der Waals surface area contributed by atoms with E-state index in [4.69, 9.17) is 4.74 Å². The Balaban J connectivity index is 1.59. The average Bonchev–Trinajstić information content (AvgIpc) is 3.04. The van der Waals surface area contributed by atoms with Crippen LogP contribution in [0.1, 0.15) is 35.6 Å². The number of carbonyl (C=O) groups is 1. The largest absolute Gasteiger partial charge is 0.508 e. The minimum absolute atomic E-state index is 0.0403. The Morgan fingerprint density at radius 1 is 1.25 bits per heavy atom. The number of amides is 1. The molecule has 1 heterocycles. The predicted molar refractivity (Wildman–Crippen MR) is 130 cm³/mol. The van der Waals surface area contributed by atoms with Gasteiger partial charge in [-0.05, 0) is 49.4 Å². The lowest BCUT2D eigenvalue weighted by Gasteiger charge is -2.44. The highest BCUT2D eigenvalue weighted by Gasteiger charge is 2.54. The second-order valence-electron chi connectivity index (χ2n) is 8.67. The van der Waals surface area contributed by atoms with Crippen LogP contribution < -0.4 is 5.32 Å². The van der Waals surface area contributed by atoms with Crippen molar-refractivity contribution < 1.29 is 14.6 Å². The highest BCUT2D eigenvalue weighted by atomic mass is 32.2. The molecule has 0 radical (unpaired) electrons. The van der Waals surface area contributed by atoms with Gasteiger partial charge in [0.25, 0.3) is 0 Å². The fraction of sp³-hybridized carbons (Fsp3) is 0.423. The van der Waals surface area contributed by atoms with Gasteiger partial charge in [-0.3, -0.25) is 9.69 Å². The average molecular weight is 453 g/mol. The predicted octanol–water partition coefficient (Wildman–Crippen LogP) is 4.03. The molecular weight excluding hydrogens is 420 g/mol. The van der Waals surface area contributed by atoms with Crippen LogP contribution in [0.3, 0.4) is 0 Å². The maximum Gasteiger partial charge on any atom is 0.230 e. The maximum absolute atomic E-state index is 12.5. The zero-order valence-corrected chi connectivity index (χ0v) is 19.4. The summed E-state index contributed by atoms with van der Waals surface area (Å²) in [6.07, 6.45) is 5.47. The molecule has 2 N–H and O–H groups in total. The Morgan fingerprint density at radius 3 is 2.69 bits per heavy atom. The Labute approximate surface area is 194 Å². The van der Waals surface area contributed by atoms with Crippen molar-refractivity contribution in [1.82, 2.24) is 10.2 Å². The summed E-state index contributed by atoms with van der Waals surface area (Å²) in [6.45, 7) is 6.84. The van der Waals surface area contributed by atoms with E-state index in [1.807, 2.05) is 30.5 Å². The Bertz CT molecular complexity index is 956. The third kappa shape index (κ3) is 4.45. The van der Waals surface area contributed by atoms with Gasteiger partial charge >= 0.3 is 0 Å². The molecule has 2 aromatic carbocycles. The van der Waals surface area contributed by atoms with Crippen LogP contribution in [0.25, 0.3) is 0 Å². The summed E-state index contributed by atoms with van der Waals surface area (Å²) >= 11 is 1.53. The third-order valence-electron chi connectivity index (χ3n) is 6.80. The summed E-state index contributed by atoms with van der Waals surface area (Å²) < 4.78 is 6.39. The van der Waals surface area contributed by atoms with E-state index in [9.17, 15) is 9.90 Å². The molecule has 0 bridgehead atoms. The first-order valence-corrected chi connectivity index (χ1v) is 12.6. The number of likely N-dealkylation sites (tertiary alicyclic amines) is 1. The van der Waals surface area contributed by atoms with Gasteiger partial charge < -0.3 is 15.2 Å². The maximum atomic E-state index is 12.5. The molecule has 5 nitrogen and oxygen atoms in total. The third-order valence-corrected chi connectivity index (χ3v) is 7.35. The van der Waals surface area contributed by atoms with Gasteiger partial charge in [0.2, 0.25) is 5.91 Å². The van der Waals surface area contributed by atoms with Crippen LogP contribution in [-0.2, 0) is 21.5 Å². The smallest absolute Gasteiger partial charge is 0.230 e. The van der Waals surface area contributed by atoms with Crippen LogP contribution in [0.2, 0.25) is 0 Å². The van der Waals surface area contributed by atoms with E-state index in [-0.39, 0.29) is 23.5 Å². The molecule has 32 heavy (non-hydrogen) atoms. The summed E-state index contributed by atoms with van der Waals surface area (Å²) in [5, 5.41) is 13.4. The van der Waals surface area contributed by atoms with Gasteiger partial charge in [-0.2, -0.15) is 11.8 Å². The number of aromatic hydroxyl groups is 1. The highest BCUT2D eigenvalue weighted by molar-refractivity contribution is 7.99. The van der Waals surface area contributed by atoms with Crippen LogP contribution >= 0.6 is 11.8 Å². The SMILES string of the molecule is C=CCO[C@H]1[C@H](NC(=O)CSC)c2ccccc2C12CCN(Cc1ccccc1O)CC2. The fourth-order valence-electron chi connectivity index (χ4n) is 5.33. The number of hydrogen-bond acceptors (Lipinski definition) is 5. The number of phenols is 1. The van der Waals surface area contributed by atoms with E-state index in [0.717, 1.165) is 38.0 Å². The van der Waals surface area contributed by atoms with Crippen LogP contribution in [0.4, 0.5) is 0 Å². The molecule has 1 saturated heterocycles. The molecule has 2 aliphatic rings. The van der Waals surface area contributed by atoms with Gasteiger partial charge in [0, 0.05) is 17.5 Å². The molecule has 0 unspecified atom stereocenters. The molecule has 6 heteroatoms. The van der Waals surface area contributed by atoms with Crippen LogP contribution in [0, 0.1) is 0 Å². The molecule has 1 amide bonds. The second kappa shape index (κ2) is 10.1. The number of ether oxygens (including phenoxy) is 1. The van der Waals surface area contributed by atoms with Crippen molar-refractivity contribution in [3.8, 4) is 5.75 Å². The minimum atomic E-state index is -0.157. The standard InChI is InChI=1S/C26H32N2O3S/c1-3-16-31-25-24(27-23(30)18-32-2)20-9-5-6-10-21(20)26(25)12-14-28(15-13-26)17-19-8-4-7-11-22(19)29/h3-11,24-25,29H,1,12-18H2,2H3,(H,27,30)/t24-,25+/m1/s1. The van der Waals surface area contributed by atoms with Gasteiger partial charge in [0.05, 0.1) is 24.5 Å². The van der Waals surface area contributed by atoms with E-state index < -0.39 is 0 Å². The quantitative estimate of drug-likeness (QED) is 0.592. The molecule has 0 aromatic heterocycles. The number of hydrogen-bond donors (Lipinski definition) is 2. The van der Waals surface area contributed by atoms with E-state index in [1.54, 1.807) is 12.1 Å². The molecule has 4 rings (SSSR count). The number of piperidine rings is 1. The fourth-order valence-corrected chi connectivity index (χ4v) is 5.68. The molecule has 1 aliphatic carbocycles. The molecule has 2 aromatic rings. The van der Waals surface area contributed by atoms with E-state index in [2.05, 4.69) is 35.0 Å². The number of rotatable bonds is 8. The summed E-state index contributed by atoms with van der Waals surface area (Å²) in [4.78, 5) is 14.9. The van der Waals surface area contributed by atoms with Crippen molar-refractivity contribution in [1.29, 1.82) is 0 Å². The van der Waals surface area contributed by atoms with Crippen molar-refractivity contribution in [3.63, 3.8) is 0 Å². The first-order valence-electron chi connectivity index (χ1n) is 11.2. The number of fused-ring (bicyclic) bond motifs is 2. The Morgan fingerprint density at radius 2 is 1.97 bits per heavy atom. The molecule has 1 fully saturated rings. The van der Waals surface area contributed by atoms with E-state index in [0.29, 0.717) is 18.1 Å². The first-order chi connectivity index (χ1) is 15.6. The summed E-state index contributed by atoms with van der Waals surface area (Å²) in [5.41, 5.74) is 3.28. The van der Waals surface area contributed by atoms with E-state index >= 15 is 0 Å². The normalized spacial score (nSPS) is 21.9. The van der Waals surface area contributed by atoms with Crippen molar-refractivity contribution in [2.75, 3.05) is 31.7 Å². The molecule has 1 aliphatic heterocycles. The Kier molecular flexibility index (Phi) is 7.23. The lowest BCUT2D eigenvalue weighted by Crippen LogP contribution is -2.50. The summed E-state index contributed by atoms with van der Waals surface area (Å²) in [7, 11) is 0. The monoisotopic (exact) mass is 452 g/mol. The lowest BCUT2D eigenvalue weighted by atomic mass is 9.71. The van der Waals surface area contributed by atoms with E-state index in [1.165, 1.54) is 22.9 Å². The summed E-state index contributed by atoms with van der Waals surface area (Å²) in [6, 6.07) is 15.9. The van der Waals surface area contributed by atoms with Crippen molar-refractivity contribution in [2.45, 2.75) is 36.9 Å². The van der Waals surface area contributed by atoms with Crippen LogP contribution in [0.5, 0.6) is 5.75 Å². The number of benzene rings is 2. The van der Waals surface area contributed by atoms with Gasteiger partial charge in [0.1, 0.15) is 5.75 Å². The molecule has 0 saturated carbocycles. The molecule has 2 atom stereocenters. The van der Waals surface area contributed by atoms with Crippen molar-refractivity contribution in [2.24, 2.45) is 0 Å². The number of thioether (sulfide) groups is 1. The van der Waals surface area contributed by atoms with Crippen LogP contribution in [-0.4, -0.2) is 53.7 Å². The Hall–Kier alpha value is -2.28. The zero-order chi connectivity index (χ0) is 22.6. The molecular formula is C26H32N2O3S. The number of carbonyl (C=O) groups excluding carboxylic acids is 1. The molecule has 170 valence electrons. The van der Waals surface area contributed by atoms with Crippen LogP contribution in [0.15, 0.2) is 61.2 Å². The zero-order valence-electron chi connectivity index (χ0n) is 18.6. The van der Waals surface area contributed by atoms with Crippen molar-refractivity contribution >= 4 is 17.7 Å². The van der Waals surface area contributed by atoms with Gasteiger partial charge in [0.15, 0.2) is 0 Å². The van der Waals surface area contributed by atoms with Crippen molar-refractivity contribution in [3.05, 3.63) is 77.9 Å². The number of para-hydroxylation sites is 1. The summed E-state index contributed by atoms with van der Waals surface area (Å²) in [5.74, 6) is 0.829. The topological polar surface area (TPSA) is 61.8 Å². The lowest BCUT2D eigenvalue weighted by molar-refractivity contribution is -0.121. The van der Waals surface area contributed by atoms with Gasteiger partial charge in [-0.25, -0.2) is 0 Å². The number of nitrogens with zero attached hydrogens (tertiary/aromatic N) is 1. The first kappa shape index (κ1) is 22.9. The number of nitrogens with one attached hydrogen (secondary N) is 1. The second-order valence-corrected chi connectivity index (χ2v) is 9.54. The van der Waals surface area contributed by atoms with Gasteiger partial charge in [-0.1, -0.05) is 48.5 Å². The highest BCUT2D eigenvalue weighted by Crippen LogP contribution is 2.52. The molecule has 1 spiro atoms. The minimum Gasteiger partial charge on any atom is -0.508 e. The number of phenolic OH excluding ortho intramolecular Hbond substituents is 1. The van der Waals surface area contributed by atoms with Gasteiger partial charge in [-0.15, -0.1) is 6.58 Å².